The number of carbonyl (C=O) groups is 1. The topological polar surface area (TPSA) is 111 Å². The van der Waals surface area contributed by atoms with Gasteiger partial charge in [0, 0.05) is 18.3 Å². The summed E-state index contributed by atoms with van der Waals surface area (Å²) in [6.07, 6.45) is 1.58. The maximum absolute atomic E-state index is 10.9. The molecule has 3 aromatic carbocycles. The number of hydrogen-bond donors (Lipinski definition) is 1. The largest absolute Gasteiger partial charge is 0.493 e. The van der Waals surface area contributed by atoms with E-state index in [2.05, 4.69) is 4.99 Å². The summed E-state index contributed by atoms with van der Waals surface area (Å²) in [4.78, 5) is 25.6. The first-order chi connectivity index (χ1) is 14.5. The predicted octanol–water partition coefficient (Wildman–Crippen LogP) is 4.63. The summed E-state index contributed by atoms with van der Waals surface area (Å²) in [5, 5.41) is 19.8. The first kappa shape index (κ1) is 20.5. The molecule has 0 saturated heterocycles. The molecule has 0 spiro atoms. The fourth-order valence-electron chi connectivity index (χ4n) is 2.62. The molecule has 0 aliphatic carbocycles. The highest BCUT2D eigenvalue weighted by Gasteiger charge is 2.08. The van der Waals surface area contributed by atoms with Crippen molar-refractivity contribution in [1.29, 1.82) is 0 Å². The average Bonchev–Trinajstić information content (AvgIpc) is 2.77. The second-order valence-corrected chi connectivity index (χ2v) is 6.24. The predicted molar refractivity (Wildman–Crippen MR) is 111 cm³/mol. The zero-order chi connectivity index (χ0) is 21.5. The lowest BCUT2D eigenvalue weighted by Gasteiger charge is -2.11. The molecule has 0 unspecified atom stereocenters. The van der Waals surface area contributed by atoms with Crippen molar-refractivity contribution in [3.63, 3.8) is 0 Å². The molecule has 0 radical (unpaired) electrons. The van der Waals surface area contributed by atoms with Crippen molar-refractivity contribution in [2.45, 2.75) is 6.61 Å². The lowest BCUT2D eigenvalue weighted by molar-refractivity contribution is -0.384. The number of nitro groups is 1. The van der Waals surface area contributed by atoms with E-state index in [9.17, 15) is 14.9 Å². The highest BCUT2D eigenvalue weighted by molar-refractivity contribution is 5.87. The maximum Gasteiger partial charge on any atom is 0.335 e. The van der Waals surface area contributed by atoms with Gasteiger partial charge in [-0.05, 0) is 47.5 Å². The average molecular weight is 406 g/mol. The van der Waals surface area contributed by atoms with Gasteiger partial charge >= 0.3 is 5.97 Å². The van der Waals surface area contributed by atoms with Crippen LogP contribution in [0.5, 0.6) is 11.5 Å². The molecule has 0 bridgehead atoms. The van der Waals surface area contributed by atoms with Gasteiger partial charge in [-0.15, -0.1) is 0 Å². The molecular formula is C22H18N2O6. The quantitative estimate of drug-likeness (QED) is 0.332. The number of carboxylic acids is 1. The molecule has 8 heteroatoms. The van der Waals surface area contributed by atoms with Gasteiger partial charge in [-0.2, -0.15) is 0 Å². The molecular weight excluding hydrogens is 388 g/mol. The second kappa shape index (κ2) is 9.33. The fourth-order valence-corrected chi connectivity index (χ4v) is 2.62. The highest BCUT2D eigenvalue weighted by Crippen LogP contribution is 2.29. The van der Waals surface area contributed by atoms with Crippen LogP contribution in [0.3, 0.4) is 0 Å². The number of rotatable bonds is 8. The minimum absolute atomic E-state index is 0.0256. The molecule has 0 fully saturated rings. The summed E-state index contributed by atoms with van der Waals surface area (Å²) in [6.45, 7) is 0.247. The molecule has 0 aliphatic rings. The Balaban J connectivity index is 1.70. The van der Waals surface area contributed by atoms with Gasteiger partial charge in [0.15, 0.2) is 11.5 Å². The highest BCUT2D eigenvalue weighted by atomic mass is 16.6. The lowest BCUT2D eigenvalue weighted by Crippen LogP contribution is -2.00. The van der Waals surface area contributed by atoms with Crippen LogP contribution in [0.4, 0.5) is 11.4 Å². The van der Waals surface area contributed by atoms with Crippen LogP contribution >= 0.6 is 0 Å². The molecule has 0 saturated carbocycles. The van der Waals surface area contributed by atoms with E-state index >= 15 is 0 Å². The number of nitro benzene ring substituents is 1. The van der Waals surface area contributed by atoms with Crippen LogP contribution in [0.15, 0.2) is 71.7 Å². The number of benzene rings is 3. The lowest BCUT2D eigenvalue weighted by atomic mass is 10.1. The van der Waals surface area contributed by atoms with E-state index in [4.69, 9.17) is 14.6 Å². The molecule has 0 aromatic heterocycles. The molecule has 8 nitrogen and oxygen atoms in total. The monoisotopic (exact) mass is 406 g/mol. The van der Waals surface area contributed by atoms with Crippen LogP contribution in [-0.4, -0.2) is 29.3 Å². The van der Waals surface area contributed by atoms with E-state index in [0.29, 0.717) is 17.2 Å². The Morgan fingerprint density at radius 3 is 2.53 bits per heavy atom. The van der Waals surface area contributed by atoms with Crippen molar-refractivity contribution >= 4 is 23.6 Å². The Morgan fingerprint density at radius 1 is 1.10 bits per heavy atom. The van der Waals surface area contributed by atoms with Crippen LogP contribution in [0.2, 0.25) is 0 Å². The van der Waals surface area contributed by atoms with Gasteiger partial charge in [0.1, 0.15) is 6.61 Å². The van der Waals surface area contributed by atoms with Crippen molar-refractivity contribution in [3.8, 4) is 11.5 Å². The Labute approximate surface area is 172 Å². The van der Waals surface area contributed by atoms with Gasteiger partial charge in [0.2, 0.25) is 0 Å². The molecule has 30 heavy (non-hydrogen) atoms. The number of methoxy groups -OCH3 is 1. The number of hydrogen-bond acceptors (Lipinski definition) is 6. The van der Waals surface area contributed by atoms with Crippen LogP contribution in [-0.2, 0) is 6.61 Å². The number of non-ortho nitro benzene ring substituents is 1. The van der Waals surface area contributed by atoms with E-state index in [-0.39, 0.29) is 17.9 Å². The Kier molecular flexibility index (Phi) is 6.39. The van der Waals surface area contributed by atoms with Crippen molar-refractivity contribution in [1.82, 2.24) is 0 Å². The molecule has 0 aliphatic heterocycles. The smallest absolute Gasteiger partial charge is 0.335 e. The zero-order valence-electron chi connectivity index (χ0n) is 16.0. The van der Waals surface area contributed by atoms with Crippen molar-refractivity contribution in [2.75, 3.05) is 7.11 Å². The third-order valence-corrected chi connectivity index (χ3v) is 4.19. The molecule has 0 heterocycles. The molecule has 3 aromatic rings. The maximum atomic E-state index is 10.9. The summed E-state index contributed by atoms with van der Waals surface area (Å²) in [5.74, 6) is 0.0407. The number of carboxylic acid groups (broad SMARTS) is 1. The minimum Gasteiger partial charge on any atom is -0.493 e. The van der Waals surface area contributed by atoms with E-state index in [1.807, 2.05) is 0 Å². The SMILES string of the molecule is COc1cc(C=Nc2cccc([N+](=O)[O-])c2)ccc1OCc1ccc(C(=O)O)cc1. The normalized spacial score (nSPS) is 10.7. The molecule has 0 amide bonds. The summed E-state index contributed by atoms with van der Waals surface area (Å²) < 4.78 is 11.2. The van der Waals surface area contributed by atoms with Crippen LogP contribution in [0.25, 0.3) is 0 Å². The summed E-state index contributed by atoms with van der Waals surface area (Å²) in [5.41, 5.74) is 2.20. The molecule has 3 rings (SSSR count). The van der Waals surface area contributed by atoms with Crippen molar-refractivity contribution in [2.24, 2.45) is 4.99 Å². The third-order valence-electron chi connectivity index (χ3n) is 4.19. The standard InChI is InChI=1S/C22H18N2O6/c1-29-21-11-16(13-23-18-3-2-4-19(12-18)24(27)28)7-10-20(21)30-14-15-5-8-17(9-6-15)22(25)26/h2-13H,14H2,1H3,(H,25,26). The second-order valence-electron chi connectivity index (χ2n) is 6.24. The van der Waals surface area contributed by atoms with Gasteiger partial charge in [-0.25, -0.2) is 4.79 Å². The summed E-state index contributed by atoms with van der Waals surface area (Å²) >= 11 is 0. The summed E-state index contributed by atoms with van der Waals surface area (Å²) in [6, 6.07) is 17.7. The summed E-state index contributed by atoms with van der Waals surface area (Å²) in [7, 11) is 1.52. The van der Waals surface area contributed by atoms with Gasteiger partial charge in [-0.1, -0.05) is 18.2 Å². The Morgan fingerprint density at radius 2 is 1.87 bits per heavy atom. The van der Waals surface area contributed by atoms with E-state index in [1.165, 1.54) is 31.4 Å². The van der Waals surface area contributed by atoms with E-state index in [1.54, 1.807) is 48.7 Å². The van der Waals surface area contributed by atoms with Crippen molar-refractivity contribution in [3.05, 3.63) is 93.5 Å². The van der Waals surface area contributed by atoms with Gasteiger partial charge in [-0.3, -0.25) is 15.1 Å². The van der Waals surface area contributed by atoms with Gasteiger partial charge in [0.25, 0.3) is 5.69 Å². The van der Waals surface area contributed by atoms with E-state index in [0.717, 1.165) is 11.1 Å². The minimum atomic E-state index is -0.980. The van der Waals surface area contributed by atoms with Crippen LogP contribution < -0.4 is 9.47 Å². The van der Waals surface area contributed by atoms with E-state index < -0.39 is 10.9 Å². The Bertz CT molecular complexity index is 1090. The molecule has 0 atom stereocenters. The Hall–Kier alpha value is -4.20. The number of aliphatic imine (C=N–C) groups is 1. The van der Waals surface area contributed by atoms with Gasteiger partial charge in [0.05, 0.1) is 23.3 Å². The zero-order valence-corrected chi connectivity index (χ0v) is 16.0. The molecule has 1 N–H and O–H groups in total. The van der Waals surface area contributed by atoms with Crippen molar-refractivity contribution < 1.29 is 24.3 Å². The number of aromatic carboxylic acids is 1. The van der Waals surface area contributed by atoms with Crippen LogP contribution in [0.1, 0.15) is 21.5 Å². The first-order valence-corrected chi connectivity index (χ1v) is 8.88. The third kappa shape index (κ3) is 5.20. The molecule has 152 valence electrons. The number of nitrogens with zero attached hydrogens (tertiary/aromatic N) is 2. The van der Waals surface area contributed by atoms with Crippen LogP contribution in [0, 0.1) is 10.1 Å². The fraction of sp³-hybridized carbons (Fsp3) is 0.0909. The van der Waals surface area contributed by atoms with Gasteiger partial charge < -0.3 is 14.6 Å². The first-order valence-electron chi connectivity index (χ1n) is 8.88. The number of ether oxygens (including phenoxy) is 2.